The van der Waals surface area contributed by atoms with Crippen LogP contribution in [-0.4, -0.2) is 24.2 Å². The Kier molecular flexibility index (Phi) is 4.40. The van der Waals surface area contributed by atoms with Gasteiger partial charge in [-0.1, -0.05) is 12.1 Å². The predicted molar refractivity (Wildman–Crippen MR) is 101 cm³/mol. The van der Waals surface area contributed by atoms with Crippen molar-refractivity contribution in [2.75, 3.05) is 19.0 Å². The molecule has 0 aliphatic carbocycles. The Labute approximate surface area is 147 Å². The number of nitrogens with zero attached hydrogens (tertiary/aromatic N) is 3. The quantitative estimate of drug-likeness (QED) is 0.775. The van der Waals surface area contributed by atoms with E-state index in [1.807, 2.05) is 68.4 Å². The molecule has 1 heterocycles. The van der Waals surface area contributed by atoms with Crippen LogP contribution in [0.25, 0.3) is 22.4 Å². The second-order valence-corrected chi connectivity index (χ2v) is 6.12. The lowest BCUT2D eigenvalue weighted by molar-refractivity contribution is 0.475. The van der Waals surface area contributed by atoms with Crippen LogP contribution in [0.5, 0.6) is 5.75 Å². The number of anilines is 1. The molecule has 0 aliphatic heterocycles. The number of hydrogen-bond donors (Lipinski definition) is 1. The molecule has 0 atom stereocenters. The largest absolute Gasteiger partial charge is 0.508 e. The lowest BCUT2D eigenvalue weighted by Gasteiger charge is -2.14. The van der Waals surface area contributed by atoms with E-state index in [9.17, 15) is 10.4 Å². The lowest BCUT2D eigenvalue weighted by Crippen LogP contribution is -2.08. The highest BCUT2D eigenvalue weighted by Gasteiger charge is 2.13. The van der Waals surface area contributed by atoms with Gasteiger partial charge < -0.3 is 10.0 Å². The second kappa shape index (κ2) is 6.66. The van der Waals surface area contributed by atoms with Crippen LogP contribution in [0.4, 0.5) is 5.69 Å². The minimum absolute atomic E-state index is 0.216. The first kappa shape index (κ1) is 16.5. The number of pyridine rings is 1. The van der Waals surface area contributed by atoms with E-state index in [0.717, 1.165) is 28.1 Å². The number of hydrogen-bond acceptors (Lipinski definition) is 4. The number of phenols is 1. The third kappa shape index (κ3) is 3.31. The predicted octanol–water partition coefficient (Wildman–Crippen LogP) is 4.37. The molecule has 0 spiro atoms. The Hall–Kier alpha value is -3.32. The topological polar surface area (TPSA) is 60.2 Å². The maximum Gasteiger partial charge on any atom is 0.115 e. The van der Waals surface area contributed by atoms with Gasteiger partial charge in [0.1, 0.15) is 11.8 Å². The summed E-state index contributed by atoms with van der Waals surface area (Å²) in [4.78, 5) is 6.60. The Morgan fingerprint density at radius 2 is 1.56 bits per heavy atom. The molecular weight excluding hydrogens is 310 g/mol. The van der Waals surface area contributed by atoms with Gasteiger partial charge in [-0.05, 0) is 55.0 Å². The van der Waals surface area contributed by atoms with Crippen molar-refractivity contribution in [3.8, 4) is 34.2 Å². The minimum Gasteiger partial charge on any atom is -0.508 e. The van der Waals surface area contributed by atoms with E-state index in [1.165, 1.54) is 0 Å². The molecule has 1 aromatic heterocycles. The summed E-state index contributed by atoms with van der Waals surface area (Å²) in [5.41, 5.74) is 5.91. The van der Waals surface area contributed by atoms with Crippen LogP contribution in [0.3, 0.4) is 0 Å². The standard InChI is InChI=1S/C21H19N3O/c1-14-20(13-22)19(15-4-8-17(9-5-15)24(2)3)12-21(23-14)16-6-10-18(25)11-7-16/h4-12,25H,1-3H3. The molecule has 0 unspecified atom stereocenters. The van der Waals surface area contributed by atoms with Crippen LogP contribution >= 0.6 is 0 Å². The van der Waals surface area contributed by atoms with E-state index >= 15 is 0 Å². The SMILES string of the molecule is Cc1nc(-c2ccc(O)cc2)cc(-c2ccc(N(C)C)cc2)c1C#N. The van der Waals surface area contributed by atoms with Crippen LogP contribution in [0, 0.1) is 18.3 Å². The summed E-state index contributed by atoms with van der Waals surface area (Å²) in [6.45, 7) is 1.85. The van der Waals surface area contributed by atoms with Crippen molar-refractivity contribution in [1.82, 2.24) is 4.98 Å². The minimum atomic E-state index is 0.216. The molecule has 0 bridgehead atoms. The van der Waals surface area contributed by atoms with Crippen LogP contribution in [0.1, 0.15) is 11.3 Å². The van der Waals surface area contributed by atoms with Crippen molar-refractivity contribution in [3.63, 3.8) is 0 Å². The van der Waals surface area contributed by atoms with Gasteiger partial charge in [0.2, 0.25) is 0 Å². The Balaban J connectivity index is 2.14. The van der Waals surface area contributed by atoms with E-state index in [0.29, 0.717) is 11.3 Å². The van der Waals surface area contributed by atoms with E-state index in [-0.39, 0.29) is 5.75 Å². The zero-order valence-corrected chi connectivity index (χ0v) is 14.5. The van der Waals surface area contributed by atoms with Gasteiger partial charge in [-0.2, -0.15) is 5.26 Å². The summed E-state index contributed by atoms with van der Waals surface area (Å²) in [6, 6.07) is 19.2. The van der Waals surface area contributed by atoms with Gasteiger partial charge in [-0.15, -0.1) is 0 Å². The molecule has 25 heavy (non-hydrogen) atoms. The van der Waals surface area contributed by atoms with Crippen molar-refractivity contribution in [2.24, 2.45) is 0 Å². The maximum atomic E-state index is 9.57. The molecule has 3 aromatic rings. The average Bonchev–Trinajstić information content (AvgIpc) is 2.61. The summed E-state index contributed by atoms with van der Waals surface area (Å²) in [5.74, 6) is 0.216. The summed E-state index contributed by atoms with van der Waals surface area (Å²) in [7, 11) is 3.99. The first-order valence-electron chi connectivity index (χ1n) is 7.98. The molecule has 0 radical (unpaired) electrons. The Morgan fingerprint density at radius 3 is 2.12 bits per heavy atom. The zero-order valence-electron chi connectivity index (χ0n) is 14.5. The third-order valence-corrected chi connectivity index (χ3v) is 4.17. The van der Waals surface area contributed by atoms with Gasteiger partial charge in [0.15, 0.2) is 0 Å². The van der Waals surface area contributed by atoms with Crippen LogP contribution in [0.2, 0.25) is 0 Å². The van der Waals surface area contributed by atoms with Gasteiger partial charge >= 0.3 is 0 Å². The third-order valence-electron chi connectivity index (χ3n) is 4.17. The molecule has 4 nitrogen and oxygen atoms in total. The fraction of sp³-hybridized carbons (Fsp3) is 0.143. The Morgan fingerprint density at radius 1 is 0.960 bits per heavy atom. The van der Waals surface area contributed by atoms with Gasteiger partial charge in [0, 0.05) is 30.9 Å². The summed E-state index contributed by atoms with van der Waals surface area (Å²) in [5, 5.41) is 19.0. The fourth-order valence-corrected chi connectivity index (χ4v) is 2.76. The normalized spacial score (nSPS) is 10.3. The maximum absolute atomic E-state index is 9.57. The molecule has 0 saturated carbocycles. The van der Waals surface area contributed by atoms with E-state index in [1.54, 1.807) is 12.1 Å². The first-order chi connectivity index (χ1) is 12.0. The van der Waals surface area contributed by atoms with Gasteiger partial charge in [-0.3, -0.25) is 4.98 Å². The van der Waals surface area contributed by atoms with E-state index in [2.05, 4.69) is 11.1 Å². The number of aromatic hydroxyl groups is 1. The number of benzene rings is 2. The van der Waals surface area contributed by atoms with Crippen molar-refractivity contribution < 1.29 is 5.11 Å². The van der Waals surface area contributed by atoms with Gasteiger partial charge in [0.25, 0.3) is 0 Å². The average molecular weight is 329 g/mol. The first-order valence-corrected chi connectivity index (χ1v) is 7.98. The zero-order chi connectivity index (χ0) is 18.0. The van der Waals surface area contributed by atoms with Crippen LogP contribution in [0.15, 0.2) is 54.6 Å². The summed E-state index contributed by atoms with van der Waals surface area (Å²) >= 11 is 0. The molecule has 0 amide bonds. The smallest absolute Gasteiger partial charge is 0.115 e. The Bertz CT molecular complexity index is 937. The monoisotopic (exact) mass is 329 g/mol. The van der Waals surface area contributed by atoms with E-state index < -0.39 is 0 Å². The molecular formula is C21H19N3O. The molecule has 0 fully saturated rings. The van der Waals surface area contributed by atoms with Crippen LogP contribution in [-0.2, 0) is 0 Å². The van der Waals surface area contributed by atoms with Gasteiger partial charge in [0.05, 0.1) is 17.0 Å². The number of aromatic nitrogens is 1. The highest BCUT2D eigenvalue weighted by Crippen LogP contribution is 2.31. The molecule has 4 heteroatoms. The molecule has 0 aliphatic rings. The fourth-order valence-electron chi connectivity index (χ4n) is 2.76. The molecule has 2 aromatic carbocycles. The molecule has 3 rings (SSSR count). The highest BCUT2D eigenvalue weighted by atomic mass is 16.3. The second-order valence-electron chi connectivity index (χ2n) is 6.12. The van der Waals surface area contributed by atoms with Gasteiger partial charge in [-0.25, -0.2) is 0 Å². The highest BCUT2D eigenvalue weighted by molar-refractivity contribution is 5.77. The number of aryl methyl sites for hydroxylation is 1. The lowest BCUT2D eigenvalue weighted by atomic mass is 9.97. The van der Waals surface area contributed by atoms with E-state index in [4.69, 9.17) is 0 Å². The van der Waals surface area contributed by atoms with Crippen molar-refractivity contribution in [1.29, 1.82) is 5.26 Å². The summed E-state index contributed by atoms with van der Waals surface area (Å²) < 4.78 is 0. The van der Waals surface area contributed by atoms with Crippen molar-refractivity contribution >= 4 is 5.69 Å². The molecule has 0 saturated heterocycles. The number of rotatable bonds is 3. The molecule has 124 valence electrons. The number of nitriles is 1. The van der Waals surface area contributed by atoms with Crippen LogP contribution < -0.4 is 4.90 Å². The summed E-state index contributed by atoms with van der Waals surface area (Å²) in [6.07, 6.45) is 0. The number of phenolic OH excluding ortho intramolecular Hbond substituents is 1. The van der Waals surface area contributed by atoms with Crippen molar-refractivity contribution in [3.05, 3.63) is 65.9 Å². The van der Waals surface area contributed by atoms with Crippen molar-refractivity contribution in [2.45, 2.75) is 6.92 Å². The molecule has 1 N–H and O–H groups in total.